The Bertz CT molecular complexity index is 723. The molecule has 2 heterocycles. The standard InChI is InChI=1S/C20H24N2O2S/c1-14(2)19(17-5-4-12-25-17)21-20(24)16-9-7-15(8-10-16)13-22-11-3-6-18(22)23/h4-5,7-10,12,14,19H,3,6,11,13H2,1-2H3,(H,21,24)/t19-/m1/s1. The Labute approximate surface area is 152 Å². The van der Waals surface area contributed by atoms with Crippen LogP contribution in [-0.4, -0.2) is 23.3 Å². The van der Waals surface area contributed by atoms with Crippen LogP contribution >= 0.6 is 11.3 Å². The molecular formula is C20H24N2O2S. The molecule has 25 heavy (non-hydrogen) atoms. The van der Waals surface area contributed by atoms with Gasteiger partial charge in [0.1, 0.15) is 0 Å². The molecule has 5 heteroatoms. The highest BCUT2D eigenvalue weighted by atomic mass is 32.1. The molecule has 0 spiro atoms. The molecule has 3 rings (SSSR count). The van der Waals surface area contributed by atoms with E-state index >= 15 is 0 Å². The Morgan fingerprint density at radius 1 is 1.24 bits per heavy atom. The SMILES string of the molecule is CC(C)[C@@H](NC(=O)c1ccc(CN2CCCC2=O)cc1)c1cccs1. The van der Waals surface area contributed by atoms with E-state index in [4.69, 9.17) is 0 Å². The second kappa shape index (κ2) is 7.83. The Morgan fingerprint density at radius 3 is 2.56 bits per heavy atom. The van der Waals surface area contributed by atoms with Crippen LogP contribution < -0.4 is 5.32 Å². The molecule has 1 fully saturated rings. The predicted octanol–water partition coefficient (Wildman–Crippen LogP) is 4.00. The lowest BCUT2D eigenvalue weighted by molar-refractivity contribution is -0.128. The highest BCUT2D eigenvalue weighted by molar-refractivity contribution is 7.10. The first-order valence-corrected chi connectivity index (χ1v) is 9.63. The average molecular weight is 356 g/mol. The molecule has 2 amide bonds. The largest absolute Gasteiger partial charge is 0.344 e. The maximum absolute atomic E-state index is 12.6. The normalized spacial score (nSPS) is 15.6. The molecule has 0 aliphatic carbocycles. The van der Waals surface area contributed by atoms with Crippen molar-refractivity contribution in [2.75, 3.05) is 6.54 Å². The number of nitrogens with zero attached hydrogens (tertiary/aromatic N) is 1. The minimum absolute atomic E-state index is 0.0226. The van der Waals surface area contributed by atoms with Gasteiger partial charge in [-0.05, 0) is 41.5 Å². The molecule has 1 aromatic heterocycles. The fraction of sp³-hybridized carbons (Fsp3) is 0.400. The molecule has 1 aromatic carbocycles. The lowest BCUT2D eigenvalue weighted by Crippen LogP contribution is -2.31. The summed E-state index contributed by atoms with van der Waals surface area (Å²) >= 11 is 1.66. The molecule has 0 unspecified atom stereocenters. The summed E-state index contributed by atoms with van der Waals surface area (Å²) in [5, 5.41) is 5.17. The summed E-state index contributed by atoms with van der Waals surface area (Å²) < 4.78 is 0. The molecule has 132 valence electrons. The van der Waals surface area contributed by atoms with Crippen LogP contribution in [0, 0.1) is 5.92 Å². The summed E-state index contributed by atoms with van der Waals surface area (Å²) in [6, 6.07) is 11.7. The number of rotatable bonds is 6. The van der Waals surface area contributed by atoms with E-state index in [-0.39, 0.29) is 17.9 Å². The minimum atomic E-state index is -0.0594. The second-order valence-electron chi connectivity index (χ2n) is 6.83. The maximum Gasteiger partial charge on any atom is 0.251 e. The minimum Gasteiger partial charge on any atom is -0.344 e. The number of likely N-dealkylation sites (tertiary alicyclic amines) is 1. The Kier molecular flexibility index (Phi) is 5.53. The molecule has 4 nitrogen and oxygen atoms in total. The van der Waals surface area contributed by atoms with Crippen molar-refractivity contribution < 1.29 is 9.59 Å². The van der Waals surface area contributed by atoms with Gasteiger partial charge >= 0.3 is 0 Å². The highest BCUT2D eigenvalue weighted by Gasteiger charge is 2.21. The lowest BCUT2D eigenvalue weighted by Gasteiger charge is -2.21. The van der Waals surface area contributed by atoms with Gasteiger partial charge in [-0.3, -0.25) is 9.59 Å². The molecule has 1 aliphatic rings. The molecule has 1 saturated heterocycles. The smallest absolute Gasteiger partial charge is 0.251 e. The summed E-state index contributed by atoms with van der Waals surface area (Å²) in [6.45, 7) is 5.68. The first-order chi connectivity index (χ1) is 12.0. The van der Waals surface area contributed by atoms with E-state index in [1.165, 1.54) is 4.88 Å². The number of carbonyl (C=O) groups is 2. The summed E-state index contributed by atoms with van der Waals surface area (Å²) in [5.74, 6) is 0.483. The van der Waals surface area contributed by atoms with Crippen molar-refractivity contribution in [3.05, 3.63) is 57.8 Å². The maximum atomic E-state index is 12.6. The van der Waals surface area contributed by atoms with Gasteiger partial charge in [0, 0.05) is 30.0 Å². The third-order valence-electron chi connectivity index (χ3n) is 4.56. The van der Waals surface area contributed by atoms with Gasteiger partial charge in [0.15, 0.2) is 0 Å². The molecule has 2 aromatic rings. The topological polar surface area (TPSA) is 49.4 Å². The zero-order valence-corrected chi connectivity index (χ0v) is 15.5. The number of hydrogen-bond donors (Lipinski definition) is 1. The zero-order valence-electron chi connectivity index (χ0n) is 14.7. The van der Waals surface area contributed by atoms with Gasteiger partial charge in [-0.2, -0.15) is 0 Å². The summed E-state index contributed by atoms with van der Waals surface area (Å²) in [7, 11) is 0. The zero-order chi connectivity index (χ0) is 17.8. The molecule has 1 aliphatic heterocycles. The van der Waals surface area contributed by atoms with Gasteiger partial charge in [-0.15, -0.1) is 11.3 Å². The number of carbonyl (C=O) groups excluding carboxylic acids is 2. The van der Waals surface area contributed by atoms with Gasteiger partial charge in [0.05, 0.1) is 6.04 Å². The van der Waals surface area contributed by atoms with E-state index in [9.17, 15) is 9.59 Å². The van der Waals surface area contributed by atoms with E-state index in [2.05, 4.69) is 25.2 Å². The van der Waals surface area contributed by atoms with E-state index < -0.39 is 0 Å². The second-order valence-corrected chi connectivity index (χ2v) is 7.81. The fourth-order valence-electron chi connectivity index (χ4n) is 3.11. The van der Waals surface area contributed by atoms with Gasteiger partial charge in [-0.1, -0.05) is 32.0 Å². The fourth-order valence-corrected chi connectivity index (χ4v) is 4.06. The van der Waals surface area contributed by atoms with Gasteiger partial charge in [0.25, 0.3) is 5.91 Å². The van der Waals surface area contributed by atoms with E-state index in [0.717, 1.165) is 18.5 Å². The van der Waals surface area contributed by atoms with Crippen LogP contribution in [0.1, 0.15) is 53.5 Å². The third kappa shape index (κ3) is 4.28. The van der Waals surface area contributed by atoms with Crippen molar-refractivity contribution in [3.63, 3.8) is 0 Å². The van der Waals surface area contributed by atoms with Gasteiger partial charge in [-0.25, -0.2) is 0 Å². The predicted molar refractivity (Wildman–Crippen MR) is 100 cm³/mol. The van der Waals surface area contributed by atoms with Crippen LogP contribution in [0.2, 0.25) is 0 Å². The number of thiophene rings is 1. The summed E-state index contributed by atoms with van der Waals surface area (Å²) in [5.41, 5.74) is 1.71. The van der Waals surface area contributed by atoms with Crippen molar-refractivity contribution in [2.24, 2.45) is 5.92 Å². The summed E-state index contributed by atoms with van der Waals surface area (Å²) in [4.78, 5) is 27.4. The van der Waals surface area contributed by atoms with Gasteiger partial charge < -0.3 is 10.2 Å². The first-order valence-electron chi connectivity index (χ1n) is 8.75. The number of hydrogen-bond acceptors (Lipinski definition) is 3. The average Bonchev–Trinajstić information content (AvgIpc) is 3.25. The van der Waals surface area contributed by atoms with Crippen molar-refractivity contribution in [2.45, 2.75) is 39.3 Å². The molecular weight excluding hydrogens is 332 g/mol. The van der Waals surface area contributed by atoms with Crippen LogP contribution in [0.5, 0.6) is 0 Å². The van der Waals surface area contributed by atoms with Crippen molar-refractivity contribution >= 4 is 23.2 Å². The van der Waals surface area contributed by atoms with E-state index in [0.29, 0.717) is 24.4 Å². The third-order valence-corrected chi connectivity index (χ3v) is 5.52. The number of benzene rings is 1. The van der Waals surface area contributed by atoms with Crippen LogP contribution in [0.4, 0.5) is 0 Å². The van der Waals surface area contributed by atoms with Gasteiger partial charge in [0.2, 0.25) is 5.91 Å². The molecule has 0 bridgehead atoms. The highest BCUT2D eigenvalue weighted by Crippen LogP contribution is 2.26. The Hall–Kier alpha value is -2.14. The molecule has 1 N–H and O–H groups in total. The van der Waals surface area contributed by atoms with E-state index in [1.54, 1.807) is 11.3 Å². The van der Waals surface area contributed by atoms with Crippen molar-refractivity contribution in [1.29, 1.82) is 0 Å². The van der Waals surface area contributed by atoms with Crippen LogP contribution in [0.15, 0.2) is 41.8 Å². The van der Waals surface area contributed by atoms with Crippen LogP contribution in [0.25, 0.3) is 0 Å². The Morgan fingerprint density at radius 2 is 2.00 bits per heavy atom. The van der Waals surface area contributed by atoms with Crippen molar-refractivity contribution in [3.8, 4) is 0 Å². The van der Waals surface area contributed by atoms with Crippen molar-refractivity contribution in [1.82, 2.24) is 10.2 Å². The number of amides is 2. The molecule has 0 saturated carbocycles. The molecule has 0 radical (unpaired) electrons. The van der Waals surface area contributed by atoms with Crippen LogP contribution in [-0.2, 0) is 11.3 Å². The first kappa shape index (κ1) is 17.7. The Balaban J connectivity index is 1.65. The number of nitrogens with one attached hydrogen (secondary N) is 1. The molecule has 1 atom stereocenters. The quantitative estimate of drug-likeness (QED) is 0.850. The van der Waals surface area contributed by atoms with E-state index in [1.807, 2.05) is 40.6 Å². The summed E-state index contributed by atoms with van der Waals surface area (Å²) in [6.07, 6.45) is 1.60. The lowest BCUT2D eigenvalue weighted by atomic mass is 10.0. The monoisotopic (exact) mass is 356 g/mol. The van der Waals surface area contributed by atoms with Crippen LogP contribution in [0.3, 0.4) is 0 Å².